The quantitative estimate of drug-likeness (QED) is 0.792. The van der Waals surface area contributed by atoms with Crippen molar-refractivity contribution in [2.24, 2.45) is 0 Å². The number of rotatable bonds is 5. The van der Waals surface area contributed by atoms with Crippen LogP contribution in [0.25, 0.3) is 0 Å². The zero-order chi connectivity index (χ0) is 15.2. The molecule has 0 radical (unpaired) electrons. The molecule has 0 aliphatic carbocycles. The Bertz CT molecular complexity index is 475. The molecule has 1 aliphatic rings. The van der Waals surface area contributed by atoms with Crippen LogP contribution in [-0.4, -0.2) is 47.9 Å². The third-order valence-electron chi connectivity index (χ3n) is 3.19. The van der Waals surface area contributed by atoms with E-state index in [1.807, 2.05) is 0 Å². The van der Waals surface area contributed by atoms with E-state index >= 15 is 0 Å². The predicted molar refractivity (Wildman–Crippen MR) is 74.0 cm³/mol. The van der Waals surface area contributed by atoms with Gasteiger partial charge in [-0.15, -0.1) is 0 Å². The summed E-state index contributed by atoms with van der Waals surface area (Å²) in [7, 11) is 0. The minimum Gasteiger partial charge on any atom is -0.464 e. The highest BCUT2D eigenvalue weighted by Gasteiger charge is 2.30. The highest BCUT2D eigenvalue weighted by Crippen LogP contribution is 2.26. The summed E-state index contributed by atoms with van der Waals surface area (Å²) in [6, 6.07) is 6.70. The molecule has 6 heteroatoms. The second-order valence-electron chi connectivity index (χ2n) is 4.83. The monoisotopic (exact) mass is 296 g/mol. The van der Waals surface area contributed by atoms with E-state index in [2.05, 4.69) is 0 Å². The Hall–Kier alpha value is -1.63. The van der Waals surface area contributed by atoms with Crippen LogP contribution in [0.4, 0.5) is 0 Å². The molecule has 2 rings (SSSR count). The second kappa shape index (κ2) is 7.40. The SMILES string of the molecule is CCOC(=O)c1ccccc1O[C@H]1C[C@@H](O)C[C@@H](CO)O1. The predicted octanol–water partition coefficient (Wildman–Crippen LogP) is 1.10. The molecular weight excluding hydrogens is 276 g/mol. The van der Waals surface area contributed by atoms with Crippen LogP contribution < -0.4 is 4.74 Å². The van der Waals surface area contributed by atoms with Gasteiger partial charge in [-0.2, -0.15) is 0 Å². The molecule has 116 valence electrons. The Morgan fingerprint density at radius 1 is 1.38 bits per heavy atom. The molecule has 1 heterocycles. The van der Waals surface area contributed by atoms with Crippen molar-refractivity contribution in [1.29, 1.82) is 0 Å². The highest BCUT2D eigenvalue weighted by atomic mass is 16.7. The Morgan fingerprint density at radius 3 is 2.86 bits per heavy atom. The first-order valence-corrected chi connectivity index (χ1v) is 7.01. The summed E-state index contributed by atoms with van der Waals surface area (Å²) >= 11 is 0. The lowest BCUT2D eigenvalue weighted by molar-refractivity contribution is -0.184. The molecule has 21 heavy (non-hydrogen) atoms. The lowest BCUT2D eigenvalue weighted by Gasteiger charge is -2.32. The fraction of sp³-hybridized carbons (Fsp3) is 0.533. The molecule has 1 aromatic rings. The van der Waals surface area contributed by atoms with Gasteiger partial charge in [-0.05, 0) is 19.1 Å². The standard InChI is InChI=1S/C15H20O6/c1-2-19-15(18)12-5-3-4-6-13(12)21-14-8-10(17)7-11(9-16)20-14/h3-6,10-11,14,16-17H,2,7-9H2,1H3/t10-,11-,14-/m0/s1. The maximum absolute atomic E-state index is 11.9. The van der Waals surface area contributed by atoms with Crippen LogP contribution in [-0.2, 0) is 9.47 Å². The molecule has 3 atom stereocenters. The molecule has 6 nitrogen and oxygen atoms in total. The summed E-state index contributed by atoms with van der Waals surface area (Å²) < 4.78 is 16.2. The molecule has 0 amide bonds. The average Bonchev–Trinajstić information content (AvgIpc) is 2.47. The first-order chi connectivity index (χ1) is 10.1. The first-order valence-electron chi connectivity index (χ1n) is 7.01. The number of ether oxygens (including phenoxy) is 3. The fourth-order valence-corrected chi connectivity index (χ4v) is 2.23. The molecule has 1 aliphatic heterocycles. The van der Waals surface area contributed by atoms with Gasteiger partial charge in [0.2, 0.25) is 6.29 Å². The zero-order valence-electron chi connectivity index (χ0n) is 11.9. The molecule has 1 saturated heterocycles. The molecule has 1 aromatic carbocycles. The maximum atomic E-state index is 11.9. The topological polar surface area (TPSA) is 85.2 Å². The molecule has 0 bridgehead atoms. The van der Waals surface area contributed by atoms with Gasteiger partial charge in [-0.25, -0.2) is 4.79 Å². The van der Waals surface area contributed by atoms with Crippen molar-refractivity contribution in [1.82, 2.24) is 0 Å². The van der Waals surface area contributed by atoms with Crippen molar-refractivity contribution in [2.75, 3.05) is 13.2 Å². The third-order valence-corrected chi connectivity index (χ3v) is 3.19. The Kier molecular flexibility index (Phi) is 5.55. The number of esters is 1. The number of hydrogen-bond donors (Lipinski definition) is 2. The van der Waals surface area contributed by atoms with E-state index in [1.54, 1.807) is 31.2 Å². The van der Waals surface area contributed by atoms with Gasteiger partial charge in [0.1, 0.15) is 11.3 Å². The zero-order valence-corrected chi connectivity index (χ0v) is 11.9. The minimum absolute atomic E-state index is 0.184. The van der Waals surface area contributed by atoms with Crippen LogP contribution >= 0.6 is 0 Å². The number of aliphatic hydroxyl groups is 2. The van der Waals surface area contributed by atoms with E-state index in [0.29, 0.717) is 17.7 Å². The van der Waals surface area contributed by atoms with Gasteiger partial charge in [0.05, 0.1) is 25.4 Å². The molecular formula is C15H20O6. The lowest BCUT2D eigenvalue weighted by atomic mass is 10.1. The third kappa shape index (κ3) is 4.17. The van der Waals surface area contributed by atoms with Crippen molar-refractivity contribution in [3.8, 4) is 5.75 Å². The molecule has 2 N–H and O–H groups in total. The van der Waals surface area contributed by atoms with Gasteiger partial charge in [-0.3, -0.25) is 0 Å². The second-order valence-corrected chi connectivity index (χ2v) is 4.83. The largest absolute Gasteiger partial charge is 0.464 e. The van der Waals surface area contributed by atoms with Crippen LogP contribution in [0.5, 0.6) is 5.75 Å². The van der Waals surface area contributed by atoms with E-state index in [4.69, 9.17) is 19.3 Å². The Morgan fingerprint density at radius 2 is 2.14 bits per heavy atom. The minimum atomic E-state index is -0.707. The van der Waals surface area contributed by atoms with E-state index < -0.39 is 24.5 Å². The maximum Gasteiger partial charge on any atom is 0.341 e. The lowest BCUT2D eigenvalue weighted by Crippen LogP contribution is -2.40. The van der Waals surface area contributed by atoms with E-state index in [9.17, 15) is 9.90 Å². The summed E-state index contributed by atoms with van der Waals surface area (Å²) in [5.74, 6) is -0.130. The van der Waals surface area contributed by atoms with Crippen LogP contribution in [0.1, 0.15) is 30.1 Å². The number of para-hydroxylation sites is 1. The average molecular weight is 296 g/mol. The van der Waals surface area contributed by atoms with Crippen molar-refractivity contribution < 1.29 is 29.2 Å². The Balaban J connectivity index is 2.10. The van der Waals surface area contributed by atoms with Crippen molar-refractivity contribution >= 4 is 5.97 Å². The molecule has 0 aromatic heterocycles. The summed E-state index contributed by atoms with van der Waals surface area (Å²) in [4.78, 5) is 11.9. The van der Waals surface area contributed by atoms with Gasteiger partial charge in [-0.1, -0.05) is 12.1 Å². The van der Waals surface area contributed by atoms with Crippen molar-refractivity contribution in [3.05, 3.63) is 29.8 Å². The highest BCUT2D eigenvalue weighted by molar-refractivity contribution is 5.92. The van der Waals surface area contributed by atoms with Gasteiger partial charge in [0, 0.05) is 12.8 Å². The van der Waals surface area contributed by atoms with Gasteiger partial charge in [0.15, 0.2) is 0 Å². The van der Waals surface area contributed by atoms with Crippen molar-refractivity contribution in [3.63, 3.8) is 0 Å². The number of carbonyl (C=O) groups excluding carboxylic acids is 1. The number of benzene rings is 1. The number of carbonyl (C=O) groups is 1. The van der Waals surface area contributed by atoms with Gasteiger partial charge in [0.25, 0.3) is 0 Å². The van der Waals surface area contributed by atoms with E-state index in [1.165, 1.54) is 0 Å². The summed E-state index contributed by atoms with van der Waals surface area (Å²) in [6.45, 7) is 1.82. The summed E-state index contributed by atoms with van der Waals surface area (Å²) in [5.41, 5.74) is 0.309. The smallest absolute Gasteiger partial charge is 0.341 e. The van der Waals surface area contributed by atoms with Crippen molar-refractivity contribution in [2.45, 2.75) is 38.3 Å². The fourth-order valence-electron chi connectivity index (χ4n) is 2.23. The number of aliphatic hydroxyl groups excluding tert-OH is 2. The van der Waals surface area contributed by atoms with E-state index in [-0.39, 0.29) is 19.6 Å². The number of hydrogen-bond acceptors (Lipinski definition) is 6. The van der Waals surface area contributed by atoms with Crippen LogP contribution in [0, 0.1) is 0 Å². The molecule has 1 fully saturated rings. The van der Waals surface area contributed by atoms with E-state index in [0.717, 1.165) is 0 Å². The first kappa shape index (κ1) is 15.8. The molecule has 0 saturated carbocycles. The molecule has 0 spiro atoms. The Labute approximate surface area is 123 Å². The van der Waals surface area contributed by atoms with Crippen LogP contribution in [0.15, 0.2) is 24.3 Å². The normalized spacial score (nSPS) is 25.4. The van der Waals surface area contributed by atoms with Crippen LogP contribution in [0.2, 0.25) is 0 Å². The van der Waals surface area contributed by atoms with Crippen LogP contribution in [0.3, 0.4) is 0 Å². The molecule has 0 unspecified atom stereocenters. The van der Waals surface area contributed by atoms with Gasteiger partial charge >= 0.3 is 5.97 Å². The van der Waals surface area contributed by atoms with Gasteiger partial charge < -0.3 is 24.4 Å². The summed E-state index contributed by atoms with van der Waals surface area (Å²) in [6.07, 6.45) is -1.12. The summed E-state index contributed by atoms with van der Waals surface area (Å²) in [5, 5.41) is 18.9.